The van der Waals surface area contributed by atoms with Crippen molar-refractivity contribution in [3.63, 3.8) is 0 Å². The van der Waals surface area contributed by atoms with Crippen molar-refractivity contribution in [2.75, 3.05) is 39.3 Å². The molecule has 6 heteroatoms. The molecule has 23 heavy (non-hydrogen) atoms. The topological polar surface area (TPSA) is 78.7 Å². The Balaban J connectivity index is 1.62. The van der Waals surface area contributed by atoms with Crippen LogP contribution in [0.25, 0.3) is 0 Å². The Bertz CT molecular complexity index is 386. The van der Waals surface area contributed by atoms with Gasteiger partial charge in [0.1, 0.15) is 0 Å². The average Bonchev–Trinajstić information content (AvgIpc) is 2.55. The minimum atomic E-state index is -0.0932. The highest BCUT2D eigenvalue weighted by Gasteiger charge is 2.28. The maximum atomic E-state index is 12.5. The Hall–Kier alpha value is -1.14. The van der Waals surface area contributed by atoms with Crippen LogP contribution in [0.1, 0.15) is 45.4 Å². The number of amides is 2. The first-order valence-electron chi connectivity index (χ1n) is 9.09. The highest BCUT2D eigenvalue weighted by atomic mass is 16.2. The van der Waals surface area contributed by atoms with Crippen molar-refractivity contribution in [3.05, 3.63) is 0 Å². The predicted molar refractivity (Wildman–Crippen MR) is 90.9 cm³/mol. The van der Waals surface area contributed by atoms with E-state index in [1.807, 2.05) is 11.8 Å². The molecule has 1 saturated carbocycles. The number of hydrogen-bond acceptors (Lipinski definition) is 4. The normalized spacial score (nSPS) is 21.9. The zero-order valence-electron chi connectivity index (χ0n) is 14.4. The van der Waals surface area contributed by atoms with Crippen LogP contribution in [-0.2, 0) is 9.59 Å². The van der Waals surface area contributed by atoms with Gasteiger partial charge in [0.25, 0.3) is 0 Å². The lowest BCUT2D eigenvalue weighted by Gasteiger charge is -2.37. The van der Waals surface area contributed by atoms with Crippen LogP contribution in [-0.4, -0.2) is 66.9 Å². The van der Waals surface area contributed by atoms with Crippen LogP contribution >= 0.6 is 0 Å². The van der Waals surface area contributed by atoms with E-state index in [4.69, 9.17) is 5.73 Å². The van der Waals surface area contributed by atoms with E-state index in [0.717, 1.165) is 45.6 Å². The van der Waals surface area contributed by atoms with Crippen molar-refractivity contribution in [1.82, 2.24) is 15.1 Å². The summed E-state index contributed by atoms with van der Waals surface area (Å²) in [7, 11) is 0. The summed E-state index contributed by atoms with van der Waals surface area (Å²) < 4.78 is 0. The highest BCUT2D eigenvalue weighted by molar-refractivity contribution is 5.79. The first-order valence-corrected chi connectivity index (χ1v) is 9.09. The molecule has 2 fully saturated rings. The standard InChI is InChI=1S/C17H32N4O2/c1-14(18)13-16(22)19-7-8-20-9-11-21(12-10-20)17(23)15-5-3-2-4-6-15/h14-15H,2-13,18H2,1H3,(H,19,22). The second kappa shape index (κ2) is 9.23. The molecule has 0 radical (unpaired) electrons. The van der Waals surface area contributed by atoms with Gasteiger partial charge in [0.05, 0.1) is 0 Å². The van der Waals surface area contributed by atoms with Crippen molar-refractivity contribution >= 4 is 11.8 Å². The number of nitrogens with two attached hydrogens (primary N) is 1. The SMILES string of the molecule is CC(N)CC(=O)NCCN1CCN(C(=O)C2CCCCC2)CC1. The average molecular weight is 324 g/mol. The molecule has 2 rings (SSSR count). The number of rotatable bonds is 6. The van der Waals surface area contributed by atoms with Crippen LogP contribution in [0.2, 0.25) is 0 Å². The molecule has 1 heterocycles. The predicted octanol–water partition coefficient (Wildman–Crippen LogP) is 0.564. The van der Waals surface area contributed by atoms with Crippen molar-refractivity contribution in [1.29, 1.82) is 0 Å². The van der Waals surface area contributed by atoms with Crippen molar-refractivity contribution in [2.45, 2.75) is 51.5 Å². The number of carbonyl (C=O) groups is 2. The van der Waals surface area contributed by atoms with Crippen molar-refractivity contribution in [2.24, 2.45) is 11.7 Å². The maximum Gasteiger partial charge on any atom is 0.225 e. The van der Waals surface area contributed by atoms with Gasteiger partial charge in [0.2, 0.25) is 11.8 Å². The van der Waals surface area contributed by atoms with E-state index in [1.165, 1.54) is 19.3 Å². The van der Waals surface area contributed by atoms with E-state index in [2.05, 4.69) is 10.2 Å². The zero-order valence-corrected chi connectivity index (χ0v) is 14.4. The molecule has 3 N–H and O–H groups in total. The fourth-order valence-electron chi connectivity index (χ4n) is 3.52. The van der Waals surface area contributed by atoms with E-state index in [9.17, 15) is 9.59 Å². The summed E-state index contributed by atoms with van der Waals surface area (Å²) >= 11 is 0. The molecule has 1 unspecified atom stereocenters. The summed E-state index contributed by atoms with van der Waals surface area (Å²) in [6, 6.07) is -0.0932. The molecule has 2 amide bonds. The summed E-state index contributed by atoms with van der Waals surface area (Å²) in [5, 5.41) is 2.91. The Morgan fingerprint density at radius 2 is 1.78 bits per heavy atom. The van der Waals surface area contributed by atoms with Gasteiger partial charge in [0, 0.05) is 57.6 Å². The second-order valence-electron chi connectivity index (χ2n) is 7.03. The van der Waals surface area contributed by atoms with Crippen molar-refractivity contribution < 1.29 is 9.59 Å². The number of piperazine rings is 1. The zero-order chi connectivity index (χ0) is 16.7. The van der Waals surface area contributed by atoms with E-state index in [1.54, 1.807) is 0 Å². The molecule has 1 aliphatic carbocycles. The summed E-state index contributed by atoms with van der Waals surface area (Å²) in [6.07, 6.45) is 6.22. The minimum Gasteiger partial charge on any atom is -0.355 e. The maximum absolute atomic E-state index is 12.5. The van der Waals surface area contributed by atoms with Gasteiger partial charge in [-0.2, -0.15) is 0 Å². The molecule has 6 nitrogen and oxygen atoms in total. The summed E-state index contributed by atoms with van der Waals surface area (Å²) in [5.74, 6) is 0.661. The Kier molecular flexibility index (Phi) is 7.30. The summed E-state index contributed by atoms with van der Waals surface area (Å²) in [6.45, 7) is 6.79. The first-order chi connectivity index (χ1) is 11.1. The van der Waals surface area contributed by atoms with Gasteiger partial charge in [-0.15, -0.1) is 0 Å². The molecule has 132 valence electrons. The Labute approximate surface area is 139 Å². The van der Waals surface area contributed by atoms with Crippen LogP contribution in [0.3, 0.4) is 0 Å². The quantitative estimate of drug-likeness (QED) is 0.748. The molecular weight excluding hydrogens is 292 g/mol. The summed E-state index contributed by atoms with van der Waals surface area (Å²) in [4.78, 5) is 28.4. The van der Waals surface area contributed by atoms with E-state index in [0.29, 0.717) is 18.9 Å². The molecule has 1 saturated heterocycles. The van der Waals surface area contributed by atoms with Gasteiger partial charge < -0.3 is 16.0 Å². The molecular formula is C17H32N4O2. The number of nitrogens with zero attached hydrogens (tertiary/aromatic N) is 2. The molecule has 0 aromatic heterocycles. The number of carbonyl (C=O) groups excluding carboxylic acids is 2. The number of nitrogens with one attached hydrogen (secondary N) is 1. The molecule has 1 aliphatic heterocycles. The second-order valence-corrected chi connectivity index (χ2v) is 7.03. The first kappa shape index (κ1) is 18.2. The third-order valence-corrected chi connectivity index (χ3v) is 4.90. The van der Waals surface area contributed by atoms with Gasteiger partial charge in [-0.25, -0.2) is 0 Å². The van der Waals surface area contributed by atoms with Crippen LogP contribution in [0, 0.1) is 5.92 Å². The van der Waals surface area contributed by atoms with Gasteiger partial charge in [0.15, 0.2) is 0 Å². The molecule has 0 bridgehead atoms. The van der Waals surface area contributed by atoms with Crippen LogP contribution in [0.5, 0.6) is 0 Å². The van der Waals surface area contributed by atoms with E-state index in [-0.39, 0.29) is 17.9 Å². The largest absolute Gasteiger partial charge is 0.355 e. The van der Waals surface area contributed by atoms with Crippen molar-refractivity contribution in [3.8, 4) is 0 Å². The highest BCUT2D eigenvalue weighted by Crippen LogP contribution is 2.25. The molecule has 2 aliphatic rings. The Morgan fingerprint density at radius 3 is 2.39 bits per heavy atom. The molecule has 0 aromatic carbocycles. The summed E-state index contributed by atoms with van der Waals surface area (Å²) in [5.41, 5.74) is 5.60. The fourth-order valence-corrected chi connectivity index (χ4v) is 3.52. The van der Waals surface area contributed by atoms with Gasteiger partial charge in [-0.3, -0.25) is 14.5 Å². The number of hydrogen-bond donors (Lipinski definition) is 2. The minimum absolute atomic E-state index is 0.0195. The fraction of sp³-hybridized carbons (Fsp3) is 0.882. The van der Waals surface area contributed by atoms with Gasteiger partial charge >= 0.3 is 0 Å². The monoisotopic (exact) mass is 324 g/mol. The van der Waals surface area contributed by atoms with Crippen LogP contribution < -0.4 is 11.1 Å². The van der Waals surface area contributed by atoms with Crippen LogP contribution in [0.4, 0.5) is 0 Å². The third-order valence-electron chi connectivity index (χ3n) is 4.90. The molecule has 1 atom stereocenters. The van der Waals surface area contributed by atoms with E-state index < -0.39 is 0 Å². The van der Waals surface area contributed by atoms with Crippen LogP contribution in [0.15, 0.2) is 0 Å². The lowest BCUT2D eigenvalue weighted by molar-refractivity contribution is -0.138. The Morgan fingerprint density at radius 1 is 1.13 bits per heavy atom. The van der Waals surface area contributed by atoms with Gasteiger partial charge in [-0.1, -0.05) is 19.3 Å². The lowest BCUT2D eigenvalue weighted by Crippen LogP contribution is -2.51. The smallest absolute Gasteiger partial charge is 0.225 e. The van der Waals surface area contributed by atoms with Gasteiger partial charge in [-0.05, 0) is 19.8 Å². The van der Waals surface area contributed by atoms with E-state index >= 15 is 0 Å². The third kappa shape index (κ3) is 6.11. The molecule has 0 aromatic rings. The lowest BCUT2D eigenvalue weighted by atomic mass is 9.88. The molecule has 0 spiro atoms.